The minimum atomic E-state index is -3.63. The van der Waals surface area contributed by atoms with Crippen LogP contribution in [-0.2, 0) is 14.8 Å². The second kappa shape index (κ2) is 7.51. The van der Waals surface area contributed by atoms with Crippen molar-refractivity contribution in [3.63, 3.8) is 0 Å². The Morgan fingerprint density at radius 1 is 1.14 bits per heavy atom. The second-order valence-electron chi connectivity index (χ2n) is 7.28. The smallest absolute Gasteiger partial charge is 0.257 e. The van der Waals surface area contributed by atoms with Gasteiger partial charge in [0.15, 0.2) is 0 Å². The summed E-state index contributed by atoms with van der Waals surface area (Å²) in [6.07, 6.45) is 1.94. The lowest BCUT2D eigenvalue weighted by molar-refractivity contribution is -0.0440. The largest absolute Gasteiger partial charge is 0.373 e. The third-order valence-corrected chi connectivity index (χ3v) is 7.58. The molecule has 4 rings (SSSR count). The fourth-order valence-electron chi connectivity index (χ4n) is 3.20. The highest BCUT2D eigenvalue weighted by molar-refractivity contribution is 7.89. The molecule has 0 bridgehead atoms. The summed E-state index contributed by atoms with van der Waals surface area (Å²) in [5, 5.41) is 12.2. The van der Waals surface area contributed by atoms with Crippen LogP contribution in [0.15, 0.2) is 29.2 Å². The number of hydrogen-bond acceptors (Lipinski definition) is 7. The lowest BCUT2D eigenvalue weighted by atomic mass is 10.2. The lowest BCUT2D eigenvalue weighted by Crippen LogP contribution is -2.48. The van der Waals surface area contributed by atoms with Crippen LogP contribution in [0.4, 0.5) is 5.13 Å². The molecule has 0 radical (unpaired) electrons. The average molecular weight is 423 g/mol. The number of carbonyl (C=O) groups is 1. The standard InChI is InChI=1S/C18H22N4O4S2/c1-11-9-22(10-12(2)26-11)28(24,25)15-7-5-13(6-8-15)16(23)19-18-21-20-17(27-18)14-3-4-14/h5-8,11-12,14H,3-4,9-10H2,1-2H3,(H,19,21,23)/t11-,12+. The van der Waals surface area contributed by atoms with E-state index < -0.39 is 10.0 Å². The first-order valence-electron chi connectivity index (χ1n) is 9.23. The molecule has 2 atom stereocenters. The summed E-state index contributed by atoms with van der Waals surface area (Å²) in [6.45, 7) is 4.34. The zero-order valence-electron chi connectivity index (χ0n) is 15.7. The van der Waals surface area contributed by atoms with Crippen LogP contribution in [0, 0.1) is 0 Å². The molecule has 1 aromatic carbocycles. The molecular weight excluding hydrogens is 400 g/mol. The van der Waals surface area contributed by atoms with Crippen LogP contribution in [0.1, 0.15) is 48.0 Å². The average Bonchev–Trinajstić information content (AvgIpc) is 3.40. The van der Waals surface area contributed by atoms with Gasteiger partial charge in [0, 0.05) is 24.6 Å². The van der Waals surface area contributed by atoms with Gasteiger partial charge in [0.1, 0.15) is 5.01 Å². The number of amides is 1. The summed E-state index contributed by atoms with van der Waals surface area (Å²) in [6, 6.07) is 5.95. The van der Waals surface area contributed by atoms with Gasteiger partial charge < -0.3 is 4.74 Å². The number of benzene rings is 1. The van der Waals surface area contributed by atoms with Crippen molar-refractivity contribution in [2.75, 3.05) is 18.4 Å². The fraction of sp³-hybridized carbons (Fsp3) is 0.500. The van der Waals surface area contributed by atoms with Gasteiger partial charge >= 0.3 is 0 Å². The topological polar surface area (TPSA) is 101 Å². The highest BCUT2D eigenvalue weighted by Crippen LogP contribution is 2.42. The summed E-state index contributed by atoms with van der Waals surface area (Å²) in [4.78, 5) is 12.6. The summed E-state index contributed by atoms with van der Waals surface area (Å²) in [5.74, 6) is 0.148. The normalized spacial score (nSPS) is 23.5. The van der Waals surface area contributed by atoms with Gasteiger partial charge in [-0.3, -0.25) is 10.1 Å². The Morgan fingerprint density at radius 2 is 1.79 bits per heavy atom. The van der Waals surface area contributed by atoms with Crippen molar-refractivity contribution in [1.82, 2.24) is 14.5 Å². The number of nitrogens with one attached hydrogen (secondary N) is 1. The van der Waals surface area contributed by atoms with Gasteiger partial charge in [-0.15, -0.1) is 10.2 Å². The van der Waals surface area contributed by atoms with E-state index in [-0.39, 0.29) is 23.0 Å². The predicted octanol–water partition coefficient (Wildman–Crippen LogP) is 2.47. The Kier molecular flexibility index (Phi) is 5.21. The highest BCUT2D eigenvalue weighted by Gasteiger charge is 2.32. The van der Waals surface area contributed by atoms with Crippen LogP contribution in [0.3, 0.4) is 0 Å². The number of aromatic nitrogens is 2. The van der Waals surface area contributed by atoms with Gasteiger partial charge in [-0.1, -0.05) is 11.3 Å². The van der Waals surface area contributed by atoms with Crippen LogP contribution >= 0.6 is 11.3 Å². The molecule has 1 aliphatic heterocycles. The summed E-state index contributed by atoms with van der Waals surface area (Å²) in [7, 11) is -3.63. The van der Waals surface area contributed by atoms with Crippen molar-refractivity contribution in [2.45, 2.75) is 49.7 Å². The van der Waals surface area contributed by atoms with Gasteiger partial charge in [0.25, 0.3) is 5.91 Å². The van der Waals surface area contributed by atoms with Crippen LogP contribution in [-0.4, -0.2) is 54.1 Å². The molecule has 10 heteroatoms. The summed E-state index contributed by atoms with van der Waals surface area (Å²) < 4.78 is 32.8. The van der Waals surface area contributed by atoms with Crippen LogP contribution in [0.5, 0.6) is 0 Å². The van der Waals surface area contributed by atoms with Crippen molar-refractivity contribution in [1.29, 1.82) is 0 Å². The zero-order valence-corrected chi connectivity index (χ0v) is 17.3. The fourth-order valence-corrected chi connectivity index (χ4v) is 5.70. The first-order valence-corrected chi connectivity index (χ1v) is 11.5. The maximum atomic E-state index is 12.9. The monoisotopic (exact) mass is 422 g/mol. The Hall–Kier alpha value is -1.88. The first-order chi connectivity index (χ1) is 13.3. The molecule has 1 aliphatic carbocycles. The second-order valence-corrected chi connectivity index (χ2v) is 10.2. The molecule has 1 aromatic heterocycles. The van der Waals surface area contributed by atoms with Crippen molar-refractivity contribution in [2.24, 2.45) is 0 Å². The SMILES string of the molecule is C[C@@H]1CN(S(=O)(=O)c2ccc(C(=O)Nc3nnc(C4CC4)s3)cc2)C[C@H](C)O1. The minimum Gasteiger partial charge on any atom is -0.373 e. The van der Waals surface area contributed by atoms with E-state index in [9.17, 15) is 13.2 Å². The number of hydrogen-bond donors (Lipinski definition) is 1. The van der Waals surface area contributed by atoms with Gasteiger partial charge in [-0.05, 0) is 51.0 Å². The van der Waals surface area contributed by atoms with Crippen molar-refractivity contribution in [3.05, 3.63) is 34.8 Å². The zero-order chi connectivity index (χ0) is 19.9. The molecule has 2 fully saturated rings. The predicted molar refractivity (Wildman–Crippen MR) is 105 cm³/mol. The molecular formula is C18H22N4O4S2. The molecule has 2 aliphatic rings. The van der Waals surface area contributed by atoms with Crippen LogP contribution < -0.4 is 5.32 Å². The molecule has 28 heavy (non-hydrogen) atoms. The first kappa shape index (κ1) is 19.4. The number of ether oxygens (including phenoxy) is 1. The van der Waals surface area contributed by atoms with Crippen molar-refractivity contribution < 1.29 is 17.9 Å². The van der Waals surface area contributed by atoms with E-state index in [4.69, 9.17) is 4.74 Å². The maximum absolute atomic E-state index is 12.9. The Bertz CT molecular complexity index is 960. The lowest BCUT2D eigenvalue weighted by Gasteiger charge is -2.34. The highest BCUT2D eigenvalue weighted by atomic mass is 32.2. The minimum absolute atomic E-state index is 0.156. The molecule has 0 unspecified atom stereocenters. The van der Waals surface area contributed by atoms with E-state index in [1.807, 2.05) is 13.8 Å². The number of carbonyl (C=O) groups excluding carboxylic acids is 1. The van der Waals surface area contributed by atoms with Gasteiger partial charge in [-0.2, -0.15) is 4.31 Å². The number of morpholine rings is 1. The molecule has 2 aromatic rings. The van der Waals surface area contributed by atoms with E-state index >= 15 is 0 Å². The van der Waals surface area contributed by atoms with E-state index in [1.54, 1.807) is 0 Å². The van der Waals surface area contributed by atoms with Crippen LogP contribution in [0.25, 0.3) is 0 Å². The Morgan fingerprint density at radius 3 is 2.39 bits per heavy atom. The molecule has 1 amide bonds. The number of anilines is 1. The summed E-state index contributed by atoms with van der Waals surface area (Å²) >= 11 is 1.38. The number of rotatable bonds is 5. The van der Waals surface area contributed by atoms with E-state index in [0.29, 0.717) is 29.7 Å². The maximum Gasteiger partial charge on any atom is 0.257 e. The molecule has 1 saturated carbocycles. The summed E-state index contributed by atoms with van der Waals surface area (Å²) in [5.41, 5.74) is 0.367. The number of sulfonamides is 1. The molecule has 8 nitrogen and oxygen atoms in total. The van der Waals surface area contributed by atoms with Gasteiger partial charge in [0.2, 0.25) is 15.2 Å². The Labute approximate surface area is 168 Å². The third kappa shape index (κ3) is 4.09. The third-order valence-electron chi connectivity index (χ3n) is 4.73. The van der Waals surface area contributed by atoms with Crippen molar-refractivity contribution >= 4 is 32.4 Å². The van der Waals surface area contributed by atoms with E-state index in [0.717, 1.165) is 17.8 Å². The molecule has 0 spiro atoms. The van der Waals surface area contributed by atoms with Crippen LogP contribution in [0.2, 0.25) is 0 Å². The van der Waals surface area contributed by atoms with E-state index in [1.165, 1.54) is 39.9 Å². The van der Waals surface area contributed by atoms with Gasteiger partial charge in [-0.25, -0.2) is 8.42 Å². The van der Waals surface area contributed by atoms with Crippen molar-refractivity contribution in [3.8, 4) is 0 Å². The van der Waals surface area contributed by atoms with E-state index in [2.05, 4.69) is 15.5 Å². The number of nitrogens with zero attached hydrogens (tertiary/aromatic N) is 3. The Balaban J connectivity index is 1.45. The quantitative estimate of drug-likeness (QED) is 0.794. The molecule has 1 N–H and O–H groups in total. The molecule has 150 valence electrons. The van der Waals surface area contributed by atoms with Gasteiger partial charge in [0.05, 0.1) is 17.1 Å². The molecule has 2 heterocycles. The molecule has 1 saturated heterocycles.